The smallest absolute Gasteiger partial charge is 0.164 e. The van der Waals surface area contributed by atoms with E-state index in [2.05, 4.69) is 173 Å². The van der Waals surface area contributed by atoms with Crippen molar-refractivity contribution in [2.24, 2.45) is 0 Å². The summed E-state index contributed by atoms with van der Waals surface area (Å²) >= 11 is 0. The zero-order chi connectivity index (χ0) is 37.0. The maximum Gasteiger partial charge on any atom is 0.164 e. The number of hydrogen-bond acceptors (Lipinski definition) is 3. The molecule has 262 valence electrons. The van der Waals surface area contributed by atoms with Crippen molar-refractivity contribution in [3.8, 4) is 56.7 Å². The van der Waals surface area contributed by atoms with Crippen molar-refractivity contribution in [1.82, 2.24) is 24.1 Å². The summed E-state index contributed by atoms with van der Waals surface area (Å²) in [6.45, 7) is 0. The lowest BCUT2D eigenvalue weighted by atomic mass is 10.0. The van der Waals surface area contributed by atoms with E-state index in [-0.39, 0.29) is 0 Å². The first-order valence-electron chi connectivity index (χ1n) is 18.9. The Morgan fingerprint density at radius 3 is 1.38 bits per heavy atom. The van der Waals surface area contributed by atoms with Crippen LogP contribution in [0.1, 0.15) is 0 Å². The summed E-state index contributed by atoms with van der Waals surface area (Å²) < 4.78 is 4.81. The lowest BCUT2D eigenvalue weighted by Crippen LogP contribution is -2.01. The third-order valence-corrected chi connectivity index (χ3v) is 10.8. The minimum absolute atomic E-state index is 0.621. The summed E-state index contributed by atoms with van der Waals surface area (Å²) in [5, 5.41) is 4.80. The van der Waals surface area contributed by atoms with E-state index in [9.17, 15) is 0 Å². The van der Waals surface area contributed by atoms with Crippen LogP contribution in [-0.2, 0) is 0 Å². The molecule has 11 rings (SSSR count). The van der Waals surface area contributed by atoms with Gasteiger partial charge in [-0.15, -0.1) is 0 Å². The number of fused-ring (bicyclic) bond motifs is 6. The highest BCUT2D eigenvalue weighted by atomic mass is 15.1. The van der Waals surface area contributed by atoms with Gasteiger partial charge in [0.15, 0.2) is 17.5 Å². The van der Waals surface area contributed by atoms with Gasteiger partial charge in [0.2, 0.25) is 0 Å². The van der Waals surface area contributed by atoms with Crippen molar-refractivity contribution in [3.05, 3.63) is 200 Å². The number of benzene rings is 8. The third-order valence-electron chi connectivity index (χ3n) is 10.8. The first-order chi connectivity index (χ1) is 27.8. The topological polar surface area (TPSA) is 48.5 Å². The van der Waals surface area contributed by atoms with Crippen LogP contribution in [0.15, 0.2) is 200 Å². The summed E-state index contributed by atoms with van der Waals surface area (Å²) in [6, 6.07) is 70.3. The fraction of sp³-hybridized carbons (Fsp3) is 0. The molecule has 0 amide bonds. The van der Waals surface area contributed by atoms with Gasteiger partial charge in [-0.3, -0.25) is 0 Å². The zero-order valence-electron chi connectivity index (χ0n) is 30.3. The van der Waals surface area contributed by atoms with E-state index in [0.29, 0.717) is 17.5 Å². The molecule has 5 nitrogen and oxygen atoms in total. The van der Waals surface area contributed by atoms with E-state index < -0.39 is 0 Å². The van der Waals surface area contributed by atoms with Crippen LogP contribution in [0.25, 0.3) is 100 Å². The van der Waals surface area contributed by atoms with E-state index in [1.165, 1.54) is 32.8 Å². The molecule has 0 atom stereocenters. The van der Waals surface area contributed by atoms with Crippen molar-refractivity contribution in [3.63, 3.8) is 0 Å². The molecule has 0 spiro atoms. The second-order valence-electron chi connectivity index (χ2n) is 14.1. The molecule has 0 N–H and O–H groups in total. The lowest BCUT2D eigenvalue weighted by molar-refractivity contribution is 1.07. The van der Waals surface area contributed by atoms with Crippen molar-refractivity contribution < 1.29 is 0 Å². The minimum atomic E-state index is 0.621. The fourth-order valence-electron chi connectivity index (χ4n) is 8.19. The molecule has 56 heavy (non-hydrogen) atoms. The SMILES string of the molecule is c1ccc(-c2ccc(-c3nc(-c4ccccc4)nc(-c4ccc5c6cccc(-n7c8ccccc8c8ccccc87)c6n(-c6ccccc6)c5c4)n3)cc2)cc1. The molecule has 0 aliphatic carbocycles. The predicted octanol–water partition coefficient (Wildman–Crippen LogP) is 12.7. The zero-order valence-corrected chi connectivity index (χ0v) is 30.3. The lowest BCUT2D eigenvalue weighted by Gasteiger charge is -2.14. The van der Waals surface area contributed by atoms with Gasteiger partial charge in [-0.05, 0) is 47.5 Å². The molecule has 0 aliphatic rings. The molecule has 0 saturated heterocycles. The van der Waals surface area contributed by atoms with Gasteiger partial charge in [-0.1, -0.05) is 164 Å². The minimum Gasteiger partial charge on any atom is -0.307 e. The standard InChI is InChI=1S/C51H33N5/c1-4-15-34(16-5-1)35-27-29-37(30-28-35)50-52-49(36-17-6-2-7-18-36)53-51(54-50)38-31-32-42-43-23-14-26-46(48(43)55(47(42)33-38)39-19-8-3-9-20-39)56-44-24-12-10-21-40(44)41-22-11-13-25-45(41)56/h1-33H. The maximum absolute atomic E-state index is 5.16. The van der Waals surface area contributed by atoms with E-state index in [0.717, 1.165) is 50.0 Å². The molecule has 3 heterocycles. The molecule has 0 saturated carbocycles. The highest BCUT2D eigenvalue weighted by molar-refractivity contribution is 6.15. The van der Waals surface area contributed by atoms with E-state index in [4.69, 9.17) is 15.0 Å². The van der Waals surface area contributed by atoms with Gasteiger partial charge < -0.3 is 9.13 Å². The molecule has 0 aliphatic heterocycles. The van der Waals surface area contributed by atoms with Crippen molar-refractivity contribution >= 4 is 43.6 Å². The summed E-state index contributed by atoms with van der Waals surface area (Å²) in [6.07, 6.45) is 0. The Morgan fingerprint density at radius 2 is 0.732 bits per heavy atom. The van der Waals surface area contributed by atoms with Crippen LogP contribution in [0.4, 0.5) is 0 Å². The number of para-hydroxylation sites is 4. The third kappa shape index (κ3) is 5.21. The molecular weight excluding hydrogens is 683 g/mol. The van der Waals surface area contributed by atoms with Gasteiger partial charge in [0.05, 0.1) is 27.8 Å². The van der Waals surface area contributed by atoms with Crippen LogP contribution < -0.4 is 0 Å². The van der Waals surface area contributed by atoms with Crippen LogP contribution in [0.2, 0.25) is 0 Å². The van der Waals surface area contributed by atoms with Crippen LogP contribution in [0.3, 0.4) is 0 Å². The van der Waals surface area contributed by atoms with Gasteiger partial charge in [-0.25, -0.2) is 15.0 Å². The first kappa shape index (κ1) is 31.9. The van der Waals surface area contributed by atoms with Crippen LogP contribution in [0.5, 0.6) is 0 Å². The number of nitrogens with zero attached hydrogens (tertiary/aromatic N) is 5. The highest BCUT2D eigenvalue weighted by Crippen LogP contribution is 2.40. The Balaban J connectivity index is 1.15. The van der Waals surface area contributed by atoms with Crippen LogP contribution >= 0.6 is 0 Å². The molecule has 3 aromatic heterocycles. The molecule has 0 bridgehead atoms. The summed E-state index contributed by atoms with van der Waals surface area (Å²) in [7, 11) is 0. The molecule has 0 fully saturated rings. The normalized spacial score (nSPS) is 11.6. The highest BCUT2D eigenvalue weighted by Gasteiger charge is 2.21. The molecule has 11 aromatic rings. The van der Waals surface area contributed by atoms with E-state index in [1.54, 1.807) is 0 Å². The number of rotatable bonds is 6. The van der Waals surface area contributed by atoms with Crippen LogP contribution in [0, 0.1) is 0 Å². The summed E-state index contributed by atoms with van der Waals surface area (Å²) in [5.41, 5.74) is 11.9. The summed E-state index contributed by atoms with van der Waals surface area (Å²) in [5.74, 6) is 1.89. The van der Waals surface area contributed by atoms with E-state index in [1.807, 2.05) is 36.4 Å². The molecule has 8 aromatic carbocycles. The molecule has 5 heteroatoms. The molecule has 0 radical (unpaired) electrons. The average Bonchev–Trinajstić information content (AvgIpc) is 3.80. The monoisotopic (exact) mass is 715 g/mol. The number of hydrogen-bond donors (Lipinski definition) is 0. The Kier molecular flexibility index (Phi) is 7.42. The average molecular weight is 716 g/mol. The van der Waals surface area contributed by atoms with Gasteiger partial charge in [0.1, 0.15) is 0 Å². The Hall–Kier alpha value is -7.63. The van der Waals surface area contributed by atoms with Crippen molar-refractivity contribution in [2.75, 3.05) is 0 Å². The summed E-state index contributed by atoms with van der Waals surface area (Å²) in [4.78, 5) is 15.3. The second kappa shape index (κ2) is 13.0. The Morgan fingerprint density at radius 1 is 0.286 bits per heavy atom. The van der Waals surface area contributed by atoms with Crippen molar-refractivity contribution in [2.45, 2.75) is 0 Å². The second-order valence-corrected chi connectivity index (χ2v) is 14.1. The fourth-order valence-corrected chi connectivity index (χ4v) is 8.19. The van der Waals surface area contributed by atoms with Gasteiger partial charge in [-0.2, -0.15) is 0 Å². The van der Waals surface area contributed by atoms with Gasteiger partial charge in [0, 0.05) is 43.9 Å². The maximum atomic E-state index is 5.16. The van der Waals surface area contributed by atoms with Crippen molar-refractivity contribution in [1.29, 1.82) is 0 Å². The molecule has 0 unspecified atom stereocenters. The van der Waals surface area contributed by atoms with Crippen LogP contribution in [-0.4, -0.2) is 24.1 Å². The quantitative estimate of drug-likeness (QED) is 0.172. The van der Waals surface area contributed by atoms with Gasteiger partial charge >= 0.3 is 0 Å². The predicted molar refractivity (Wildman–Crippen MR) is 230 cm³/mol. The Labute approximate surface area is 323 Å². The molecular formula is C51H33N5. The van der Waals surface area contributed by atoms with E-state index >= 15 is 0 Å². The Bertz CT molecular complexity index is 3170. The largest absolute Gasteiger partial charge is 0.307 e. The first-order valence-corrected chi connectivity index (χ1v) is 18.9. The number of aromatic nitrogens is 5. The van der Waals surface area contributed by atoms with Gasteiger partial charge in [0.25, 0.3) is 0 Å².